The number of rotatable bonds is 3. The maximum atomic E-state index is 13.4. The minimum Gasteiger partial charge on any atom is -0.374 e. The molecule has 1 aromatic carbocycles. The average molecular weight is 361 g/mol. The molecule has 1 unspecified atom stereocenters. The van der Waals surface area contributed by atoms with Crippen molar-refractivity contribution < 1.29 is 8.42 Å². The van der Waals surface area contributed by atoms with Gasteiger partial charge < -0.3 is 14.8 Å². The van der Waals surface area contributed by atoms with Crippen molar-refractivity contribution in [1.82, 2.24) is 19.2 Å². The number of anilines is 1. The largest absolute Gasteiger partial charge is 0.374 e. The standard InChI is InChI=1S/C17H23N5O2S/c1-20-8-5-13-3-4-14(11-15(13)20)25(23,24)22-10-6-18-12-16(22)17-19-7-9-21(17)2/h3-4,7,9,11,16,18H,5-6,8,10,12H2,1-2H3. The number of aromatic nitrogens is 2. The van der Waals surface area contributed by atoms with Crippen LogP contribution in [0.1, 0.15) is 17.4 Å². The van der Waals surface area contributed by atoms with Gasteiger partial charge in [-0.15, -0.1) is 0 Å². The van der Waals surface area contributed by atoms with E-state index in [2.05, 4.69) is 15.2 Å². The van der Waals surface area contributed by atoms with Crippen LogP contribution in [-0.2, 0) is 23.5 Å². The quantitative estimate of drug-likeness (QED) is 0.874. The number of benzene rings is 1. The van der Waals surface area contributed by atoms with Crippen LogP contribution in [0.5, 0.6) is 0 Å². The van der Waals surface area contributed by atoms with Crippen LogP contribution >= 0.6 is 0 Å². The van der Waals surface area contributed by atoms with Crippen molar-refractivity contribution in [3.8, 4) is 0 Å². The molecule has 0 spiro atoms. The lowest BCUT2D eigenvalue weighted by Gasteiger charge is -2.34. The van der Waals surface area contributed by atoms with Gasteiger partial charge in [0, 0.05) is 58.4 Å². The van der Waals surface area contributed by atoms with Crippen LogP contribution in [0.4, 0.5) is 5.69 Å². The number of imidazole rings is 1. The molecule has 2 aliphatic heterocycles. The number of sulfonamides is 1. The van der Waals surface area contributed by atoms with E-state index >= 15 is 0 Å². The van der Waals surface area contributed by atoms with Crippen LogP contribution in [-0.4, -0.2) is 55.5 Å². The van der Waals surface area contributed by atoms with E-state index in [0.29, 0.717) is 24.5 Å². The van der Waals surface area contributed by atoms with Crippen LogP contribution in [0.3, 0.4) is 0 Å². The van der Waals surface area contributed by atoms with Gasteiger partial charge in [-0.2, -0.15) is 4.31 Å². The van der Waals surface area contributed by atoms with E-state index in [1.165, 1.54) is 5.56 Å². The SMILES string of the molecule is CN1CCc2ccc(S(=O)(=O)N3CCNCC3c3nccn3C)cc21. The number of nitrogens with zero attached hydrogens (tertiary/aromatic N) is 4. The molecule has 4 rings (SSSR count). The summed E-state index contributed by atoms with van der Waals surface area (Å²) in [7, 11) is 0.313. The predicted molar refractivity (Wildman–Crippen MR) is 96.1 cm³/mol. The fourth-order valence-corrected chi connectivity index (χ4v) is 5.31. The van der Waals surface area contributed by atoms with Crippen molar-refractivity contribution in [3.05, 3.63) is 42.0 Å². The highest BCUT2D eigenvalue weighted by molar-refractivity contribution is 7.89. The van der Waals surface area contributed by atoms with E-state index in [1.807, 2.05) is 37.0 Å². The van der Waals surface area contributed by atoms with Crippen molar-refractivity contribution in [2.24, 2.45) is 7.05 Å². The molecule has 0 bridgehead atoms. The van der Waals surface area contributed by atoms with Gasteiger partial charge in [0.2, 0.25) is 10.0 Å². The van der Waals surface area contributed by atoms with Gasteiger partial charge in [0.05, 0.1) is 10.9 Å². The monoisotopic (exact) mass is 361 g/mol. The summed E-state index contributed by atoms with van der Waals surface area (Å²) < 4.78 is 30.2. The summed E-state index contributed by atoms with van der Waals surface area (Å²) in [5, 5.41) is 3.28. The number of piperazine rings is 1. The Bertz CT molecular complexity index is 892. The van der Waals surface area contributed by atoms with Gasteiger partial charge in [0.15, 0.2) is 0 Å². The molecule has 3 heterocycles. The molecule has 0 amide bonds. The van der Waals surface area contributed by atoms with E-state index in [4.69, 9.17) is 0 Å². The third-order valence-electron chi connectivity index (χ3n) is 5.14. The lowest BCUT2D eigenvalue weighted by Crippen LogP contribution is -2.49. The van der Waals surface area contributed by atoms with Crippen molar-refractivity contribution in [3.63, 3.8) is 0 Å². The molecule has 1 atom stereocenters. The highest BCUT2D eigenvalue weighted by atomic mass is 32.2. The van der Waals surface area contributed by atoms with Gasteiger partial charge in [0.1, 0.15) is 5.82 Å². The Balaban J connectivity index is 1.73. The molecule has 134 valence electrons. The second kappa shape index (κ2) is 6.12. The van der Waals surface area contributed by atoms with Crippen LogP contribution in [0.25, 0.3) is 0 Å². The highest BCUT2D eigenvalue weighted by Gasteiger charge is 2.36. The summed E-state index contributed by atoms with van der Waals surface area (Å²) >= 11 is 0. The second-order valence-corrected chi connectivity index (χ2v) is 8.58. The van der Waals surface area contributed by atoms with Gasteiger partial charge in [-0.1, -0.05) is 6.07 Å². The summed E-state index contributed by atoms with van der Waals surface area (Å²) in [5.41, 5.74) is 2.23. The molecule has 2 aromatic rings. The zero-order chi connectivity index (χ0) is 17.6. The highest BCUT2D eigenvalue weighted by Crippen LogP contribution is 2.33. The van der Waals surface area contributed by atoms with E-state index < -0.39 is 10.0 Å². The summed E-state index contributed by atoms with van der Waals surface area (Å²) in [5.74, 6) is 0.758. The molecule has 25 heavy (non-hydrogen) atoms. The molecule has 1 N–H and O–H groups in total. The first-order valence-electron chi connectivity index (χ1n) is 8.52. The Morgan fingerprint density at radius 3 is 2.84 bits per heavy atom. The molecule has 8 heteroatoms. The second-order valence-electron chi connectivity index (χ2n) is 6.69. The lowest BCUT2D eigenvalue weighted by atomic mass is 10.2. The summed E-state index contributed by atoms with van der Waals surface area (Å²) in [4.78, 5) is 6.85. The number of fused-ring (bicyclic) bond motifs is 1. The molecule has 2 aliphatic rings. The lowest BCUT2D eigenvalue weighted by molar-refractivity contribution is 0.258. The van der Waals surface area contributed by atoms with E-state index in [-0.39, 0.29) is 6.04 Å². The Hall–Kier alpha value is -1.90. The molecule has 0 saturated carbocycles. The first kappa shape index (κ1) is 16.6. The van der Waals surface area contributed by atoms with E-state index in [0.717, 1.165) is 24.5 Å². The minimum absolute atomic E-state index is 0.301. The maximum absolute atomic E-state index is 13.4. The Labute approximate surface area is 148 Å². The van der Waals surface area contributed by atoms with Gasteiger partial charge >= 0.3 is 0 Å². The molecule has 1 saturated heterocycles. The fraction of sp³-hybridized carbons (Fsp3) is 0.471. The minimum atomic E-state index is -3.59. The first-order valence-corrected chi connectivity index (χ1v) is 9.96. The van der Waals surface area contributed by atoms with Crippen molar-refractivity contribution in [2.45, 2.75) is 17.4 Å². The van der Waals surface area contributed by atoms with Gasteiger partial charge in [-0.05, 0) is 24.1 Å². The van der Waals surface area contributed by atoms with Crippen molar-refractivity contribution in [1.29, 1.82) is 0 Å². The number of hydrogen-bond acceptors (Lipinski definition) is 5. The first-order chi connectivity index (χ1) is 12.0. The number of aryl methyl sites for hydroxylation is 1. The summed E-state index contributed by atoms with van der Waals surface area (Å²) in [6, 6.07) is 5.20. The number of nitrogens with one attached hydrogen (secondary N) is 1. The molecule has 1 aromatic heterocycles. The van der Waals surface area contributed by atoms with Crippen LogP contribution in [0.2, 0.25) is 0 Å². The Morgan fingerprint density at radius 1 is 1.24 bits per heavy atom. The van der Waals surface area contributed by atoms with Crippen LogP contribution in [0, 0.1) is 0 Å². The fourth-order valence-electron chi connectivity index (χ4n) is 3.71. The third-order valence-corrected chi connectivity index (χ3v) is 7.05. The van der Waals surface area contributed by atoms with Crippen molar-refractivity contribution >= 4 is 15.7 Å². The van der Waals surface area contributed by atoms with Crippen LogP contribution in [0.15, 0.2) is 35.5 Å². The smallest absolute Gasteiger partial charge is 0.243 e. The molecule has 1 fully saturated rings. The number of likely N-dealkylation sites (N-methyl/N-ethyl adjacent to an activating group) is 1. The Morgan fingerprint density at radius 2 is 2.08 bits per heavy atom. The van der Waals surface area contributed by atoms with Gasteiger partial charge in [-0.3, -0.25) is 0 Å². The average Bonchev–Trinajstić information content (AvgIpc) is 3.20. The third kappa shape index (κ3) is 2.74. The maximum Gasteiger partial charge on any atom is 0.243 e. The van der Waals surface area contributed by atoms with Gasteiger partial charge in [0.25, 0.3) is 0 Å². The van der Waals surface area contributed by atoms with Crippen LogP contribution < -0.4 is 10.2 Å². The van der Waals surface area contributed by atoms with Crippen molar-refractivity contribution in [2.75, 3.05) is 38.1 Å². The molecule has 0 radical (unpaired) electrons. The number of hydrogen-bond donors (Lipinski definition) is 1. The Kier molecular flexibility index (Phi) is 4.05. The zero-order valence-corrected chi connectivity index (χ0v) is 15.3. The van der Waals surface area contributed by atoms with Gasteiger partial charge in [-0.25, -0.2) is 13.4 Å². The molecular weight excluding hydrogens is 338 g/mol. The van der Waals surface area contributed by atoms with E-state index in [9.17, 15) is 8.42 Å². The zero-order valence-electron chi connectivity index (χ0n) is 14.5. The summed E-state index contributed by atoms with van der Waals surface area (Å²) in [6.07, 6.45) is 4.52. The normalized spacial score (nSPS) is 21.5. The molecular formula is C17H23N5O2S. The molecule has 0 aliphatic carbocycles. The molecule has 7 nitrogen and oxygen atoms in total. The predicted octanol–water partition coefficient (Wildman–Crippen LogP) is 0.748. The van der Waals surface area contributed by atoms with E-state index in [1.54, 1.807) is 16.6 Å². The topological polar surface area (TPSA) is 70.5 Å². The summed E-state index contributed by atoms with van der Waals surface area (Å²) in [6.45, 7) is 2.58.